The third-order valence-electron chi connectivity index (χ3n) is 4.59. The smallest absolute Gasteiger partial charge is 0.248 e. The second-order valence-corrected chi connectivity index (χ2v) is 9.03. The van der Waals surface area contributed by atoms with E-state index >= 15 is 0 Å². The van der Waals surface area contributed by atoms with Crippen molar-refractivity contribution in [1.29, 1.82) is 0 Å². The zero-order valence-electron chi connectivity index (χ0n) is 16.3. The summed E-state index contributed by atoms with van der Waals surface area (Å²) in [6.45, 7) is 0.735. The second-order valence-electron chi connectivity index (χ2n) is 6.88. The Morgan fingerprint density at radius 1 is 1.14 bits per heavy atom. The molecule has 1 saturated heterocycles. The number of hydrogen-bond donors (Lipinski definition) is 1. The number of benzene rings is 2. The summed E-state index contributed by atoms with van der Waals surface area (Å²) in [7, 11) is -0.664. The van der Waals surface area contributed by atoms with Gasteiger partial charge in [-0.1, -0.05) is 18.2 Å². The number of sulfonamides is 1. The molecular formula is C21H23N3O4S. The van der Waals surface area contributed by atoms with Crippen LogP contribution in [0.25, 0.3) is 6.08 Å². The van der Waals surface area contributed by atoms with Crippen LogP contribution in [0.3, 0.4) is 0 Å². The zero-order chi connectivity index (χ0) is 21.0. The molecular weight excluding hydrogens is 390 g/mol. The second kappa shape index (κ2) is 8.59. The van der Waals surface area contributed by atoms with E-state index in [1.165, 1.54) is 32.3 Å². The molecule has 152 valence electrons. The van der Waals surface area contributed by atoms with E-state index in [2.05, 4.69) is 5.32 Å². The fourth-order valence-electron chi connectivity index (χ4n) is 2.99. The van der Waals surface area contributed by atoms with Gasteiger partial charge < -0.3 is 10.2 Å². The Morgan fingerprint density at radius 3 is 2.48 bits per heavy atom. The predicted octanol–water partition coefficient (Wildman–Crippen LogP) is 2.72. The molecule has 0 spiro atoms. The number of rotatable bonds is 6. The maximum atomic E-state index is 12.2. The zero-order valence-corrected chi connectivity index (χ0v) is 17.1. The first-order chi connectivity index (χ1) is 13.8. The molecule has 3 rings (SSSR count). The fraction of sp³-hybridized carbons (Fsp3) is 0.238. The van der Waals surface area contributed by atoms with Gasteiger partial charge in [0.15, 0.2) is 0 Å². The van der Waals surface area contributed by atoms with Crippen LogP contribution in [-0.4, -0.2) is 45.2 Å². The van der Waals surface area contributed by atoms with Crippen molar-refractivity contribution in [3.8, 4) is 0 Å². The summed E-state index contributed by atoms with van der Waals surface area (Å²) in [5.41, 5.74) is 2.07. The van der Waals surface area contributed by atoms with Crippen LogP contribution in [-0.2, 0) is 19.6 Å². The minimum Gasteiger partial charge on any atom is -0.322 e. The molecule has 2 aromatic rings. The van der Waals surface area contributed by atoms with Gasteiger partial charge in [-0.3, -0.25) is 9.59 Å². The Balaban J connectivity index is 1.65. The highest BCUT2D eigenvalue weighted by Crippen LogP contribution is 2.22. The number of amides is 2. The Morgan fingerprint density at radius 2 is 1.86 bits per heavy atom. The fourth-order valence-corrected chi connectivity index (χ4v) is 3.94. The molecule has 1 N–H and O–H groups in total. The third kappa shape index (κ3) is 4.90. The van der Waals surface area contributed by atoms with E-state index in [0.29, 0.717) is 12.1 Å². The van der Waals surface area contributed by atoms with E-state index in [9.17, 15) is 18.0 Å². The number of anilines is 2. The van der Waals surface area contributed by atoms with Gasteiger partial charge in [-0.2, -0.15) is 0 Å². The molecule has 1 aliphatic heterocycles. The lowest BCUT2D eigenvalue weighted by Crippen LogP contribution is -2.23. The first-order valence-electron chi connectivity index (χ1n) is 9.19. The Bertz CT molecular complexity index is 1040. The van der Waals surface area contributed by atoms with Gasteiger partial charge in [0.2, 0.25) is 21.8 Å². The number of nitrogens with one attached hydrogen (secondary N) is 1. The Hall–Kier alpha value is -2.97. The summed E-state index contributed by atoms with van der Waals surface area (Å²) >= 11 is 0. The molecule has 1 heterocycles. The van der Waals surface area contributed by atoms with Gasteiger partial charge >= 0.3 is 0 Å². The summed E-state index contributed by atoms with van der Waals surface area (Å²) in [5.74, 6) is -0.241. The molecule has 0 radical (unpaired) electrons. The van der Waals surface area contributed by atoms with Crippen LogP contribution in [0.2, 0.25) is 0 Å². The van der Waals surface area contributed by atoms with Gasteiger partial charge in [-0.25, -0.2) is 12.7 Å². The summed E-state index contributed by atoms with van der Waals surface area (Å²) in [4.78, 5) is 25.8. The van der Waals surface area contributed by atoms with Gasteiger partial charge in [0.05, 0.1) is 4.90 Å². The van der Waals surface area contributed by atoms with E-state index in [1.807, 2.05) is 24.3 Å². The normalized spacial score (nSPS) is 14.7. The third-order valence-corrected chi connectivity index (χ3v) is 6.40. The molecule has 2 aromatic carbocycles. The van der Waals surface area contributed by atoms with E-state index < -0.39 is 10.0 Å². The molecule has 1 fully saturated rings. The largest absolute Gasteiger partial charge is 0.322 e. The number of hydrogen-bond acceptors (Lipinski definition) is 4. The summed E-state index contributed by atoms with van der Waals surface area (Å²) in [6, 6.07) is 13.5. The van der Waals surface area contributed by atoms with Gasteiger partial charge in [-0.05, 0) is 48.4 Å². The van der Waals surface area contributed by atoms with Gasteiger partial charge in [0, 0.05) is 44.5 Å². The van der Waals surface area contributed by atoms with Crippen LogP contribution >= 0.6 is 0 Å². The van der Waals surface area contributed by atoms with Crippen molar-refractivity contribution in [2.45, 2.75) is 17.7 Å². The highest BCUT2D eigenvalue weighted by Gasteiger charge is 2.21. The Labute approximate surface area is 170 Å². The van der Waals surface area contributed by atoms with Crippen LogP contribution in [0.1, 0.15) is 18.4 Å². The maximum Gasteiger partial charge on any atom is 0.248 e. The summed E-state index contributed by atoms with van der Waals surface area (Å²) < 4.78 is 25.5. The molecule has 2 amide bonds. The van der Waals surface area contributed by atoms with Crippen molar-refractivity contribution in [1.82, 2.24) is 4.31 Å². The standard InChI is InChI=1S/C21H23N3O4S/c1-23(2)29(27,28)19-6-3-5-17(15-19)22-20(25)13-10-16-8-11-18(12-9-16)24-14-4-7-21(24)26/h3,5-6,8-13,15H,4,7,14H2,1-2H3,(H,22,25)/b13-10+. The van der Waals surface area contributed by atoms with Crippen molar-refractivity contribution in [2.75, 3.05) is 30.9 Å². The number of carbonyl (C=O) groups excluding carboxylic acids is 2. The SMILES string of the molecule is CN(C)S(=O)(=O)c1cccc(NC(=O)/C=C/c2ccc(N3CCCC3=O)cc2)c1. The van der Waals surface area contributed by atoms with Crippen LogP contribution in [0, 0.1) is 0 Å². The van der Waals surface area contributed by atoms with Crippen molar-refractivity contribution < 1.29 is 18.0 Å². The van der Waals surface area contributed by atoms with E-state index in [-0.39, 0.29) is 16.7 Å². The topological polar surface area (TPSA) is 86.8 Å². The lowest BCUT2D eigenvalue weighted by atomic mass is 10.2. The Kier molecular flexibility index (Phi) is 6.14. The van der Waals surface area contributed by atoms with Gasteiger partial charge in [-0.15, -0.1) is 0 Å². The molecule has 0 aromatic heterocycles. The van der Waals surface area contributed by atoms with Gasteiger partial charge in [0.25, 0.3) is 0 Å². The van der Waals surface area contributed by atoms with Crippen molar-refractivity contribution in [3.05, 3.63) is 60.2 Å². The molecule has 8 heteroatoms. The predicted molar refractivity (Wildman–Crippen MR) is 113 cm³/mol. The lowest BCUT2D eigenvalue weighted by molar-refractivity contribution is -0.117. The van der Waals surface area contributed by atoms with E-state index in [4.69, 9.17) is 0 Å². The molecule has 0 atom stereocenters. The van der Waals surface area contributed by atoms with E-state index in [0.717, 1.165) is 28.5 Å². The molecule has 0 bridgehead atoms. The monoisotopic (exact) mass is 413 g/mol. The van der Waals surface area contributed by atoms with Crippen LogP contribution in [0.5, 0.6) is 0 Å². The quantitative estimate of drug-likeness (QED) is 0.738. The molecule has 0 aliphatic carbocycles. The first kappa shape index (κ1) is 20.8. The maximum absolute atomic E-state index is 12.2. The summed E-state index contributed by atoms with van der Waals surface area (Å²) in [6.07, 6.45) is 4.49. The molecule has 0 saturated carbocycles. The van der Waals surface area contributed by atoms with Crippen LogP contribution < -0.4 is 10.2 Å². The van der Waals surface area contributed by atoms with Crippen LogP contribution in [0.15, 0.2) is 59.5 Å². The van der Waals surface area contributed by atoms with Crippen molar-refractivity contribution in [3.63, 3.8) is 0 Å². The lowest BCUT2D eigenvalue weighted by Gasteiger charge is -2.15. The number of carbonyl (C=O) groups is 2. The highest BCUT2D eigenvalue weighted by molar-refractivity contribution is 7.89. The molecule has 7 nitrogen and oxygen atoms in total. The average molecular weight is 413 g/mol. The van der Waals surface area contributed by atoms with Gasteiger partial charge in [0.1, 0.15) is 0 Å². The van der Waals surface area contributed by atoms with Crippen LogP contribution in [0.4, 0.5) is 11.4 Å². The van der Waals surface area contributed by atoms with E-state index in [1.54, 1.807) is 23.1 Å². The average Bonchev–Trinajstić information content (AvgIpc) is 3.13. The molecule has 29 heavy (non-hydrogen) atoms. The van der Waals surface area contributed by atoms with Crippen molar-refractivity contribution >= 4 is 39.3 Å². The van der Waals surface area contributed by atoms with Crippen molar-refractivity contribution in [2.24, 2.45) is 0 Å². The summed E-state index contributed by atoms with van der Waals surface area (Å²) in [5, 5.41) is 2.66. The highest BCUT2D eigenvalue weighted by atomic mass is 32.2. The molecule has 0 unspecified atom stereocenters. The molecule has 1 aliphatic rings. The minimum atomic E-state index is -3.57. The first-order valence-corrected chi connectivity index (χ1v) is 10.6. The minimum absolute atomic E-state index is 0.108. The number of nitrogens with zero attached hydrogens (tertiary/aromatic N) is 2.